The van der Waals surface area contributed by atoms with Crippen LogP contribution in [0.3, 0.4) is 0 Å². The van der Waals surface area contributed by atoms with E-state index in [1.807, 2.05) is 22.9 Å². The van der Waals surface area contributed by atoms with Crippen LogP contribution < -0.4 is 0 Å². The lowest BCUT2D eigenvalue weighted by Gasteiger charge is -2.05. The largest absolute Gasteiger partial charge is 0.383 e. The van der Waals surface area contributed by atoms with Crippen LogP contribution in [0.25, 0.3) is 10.9 Å². The second kappa shape index (κ2) is 4.33. The van der Waals surface area contributed by atoms with E-state index in [2.05, 4.69) is 15.9 Å². The second-order valence-electron chi connectivity index (χ2n) is 3.33. The van der Waals surface area contributed by atoms with E-state index < -0.39 is 0 Å². The van der Waals surface area contributed by atoms with Crippen molar-refractivity contribution < 1.29 is 9.13 Å². The summed E-state index contributed by atoms with van der Waals surface area (Å²) in [5.74, 6) is -0.208. The van der Waals surface area contributed by atoms with E-state index in [-0.39, 0.29) is 5.82 Å². The average molecular weight is 272 g/mol. The summed E-state index contributed by atoms with van der Waals surface area (Å²) in [6.45, 7) is 1.25. The monoisotopic (exact) mass is 271 g/mol. The molecule has 1 aromatic heterocycles. The molecule has 4 heteroatoms. The number of aromatic nitrogens is 1. The van der Waals surface area contributed by atoms with Crippen LogP contribution in [0.2, 0.25) is 0 Å². The standard InChI is InChI=1S/C11H11BrFNO/c1-15-5-4-14-3-2-8-6-9(12)7-10(13)11(8)14/h2-3,6-7H,4-5H2,1H3. The molecule has 2 nitrogen and oxygen atoms in total. The SMILES string of the molecule is COCCn1ccc2cc(Br)cc(F)c21. The van der Waals surface area contributed by atoms with Crippen molar-refractivity contribution in [3.05, 3.63) is 34.7 Å². The van der Waals surface area contributed by atoms with Crippen molar-refractivity contribution in [3.8, 4) is 0 Å². The predicted octanol–water partition coefficient (Wildman–Crippen LogP) is 3.19. The first-order valence-corrected chi connectivity index (χ1v) is 5.44. The molecule has 1 heterocycles. The normalized spacial score (nSPS) is 11.1. The summed E-state index contributed by atoms with van der Waals surface area (Å²) >= 11 is 3.27. The number of nitrogens with zero attached hydrogens (tertiary/aromatic N) is 1. The minimum Gasteiger partial charge on any atom is -0.383 e. The molecule has 0 aliphatic rings. The predicted molar refractivity (Wildman–Crippen MR) is 61.5 cm³/mol. The molecule has 0 unspecified atom stereocenters. The highest BCUT2D eigenvalue weighted by Gasteiger charge is 2.07. The molecule has 0 saturated heterocycles. The molecule has 0 bridgehead atoms. The zero-order valence-corrected chi connectivity index (χ0v) is 9.92. The number of ether oxygens (including phenoxy) is 1. The van der Waals surface area contributed by atoms with Crippen molar-refractivity contribution in [1.82, 2.24) is 4.57 Å². The van der Waals surface area contributed by atoms with E-state index in [1.54, 1.807) is 7.11 Å². The number of halogens is 2. The van der Waals surface area contributed by atoms with Crippen molar-refractivity contribution in [2.45, 2.75) is 6.54 Å². The molecule has 0 aliphatic heterocycles. The van der Waals surface area contributed by atoms with Crippen LogP contribution >= 0.6 is 15.9 Å². The number of fused-ring (bicyclic) bond motifs is 1. The third kappa shape index (κ3) is 2.06. The first-order valence-electron chi connectivity index (χ1n) is 4.65. The number of hydrogen-bond donors (Lipinski definition) is 0. The molecule has 2 rings (SSSR count). The lowest BCUT2D eigenvalue weighted by molar-refractivity contribution is 0.188. The van der Waals surface area contributed by atoms with E-state index in [0.29, 0.717) is 18.7 Å². The maximum atomic E-state index is 13.7. The third-order valence-corrected chi connectivity index (χ3v) is 2.77. The smallest absolute Gasteiger partial charge is 0.148 e. The third-order valence-electron chi connectivity index (χ3n) is 2.32. The average Bonchev–Trinajstić information content (AvgIpc) is 2.58. The molecule has 0 amide bonds. The summed E-state index contributed by atoms with van der Waals surface area (Å²) in [5, 5.41) is 0.901. The Hall–Kier alpha value is -0.870. The number of hydrogen-bond acceptors (Lipinski definition) is 1. The van der Waals surface area contributed by atoms with Crippen molar-refractivity contribution in [3.63, 3.8) is 0 Å². The summed E-state index contributed by atoms with van der Waals surface area (Å²) in [6, 6.07) is 5.28. The van der Waals surface area contributed by atoms with Gasteiger partial charge in [-0.2, -0.15) is 0 Å². The lowest BCUT2D eigenvalue weighted by atomic mass is 10.2. The molecule has 0 N–H and O–H groups in total. The maximum Gasteiger partial charge on any atom is 0.148 e. The molecule has 0 spiro atoms. The molecule has 0 aliphatic carbocycles. The minimum absolute atomic E-state index is 0.208. The van der Waals surface area contributed by atoms with E-state index in [0.717, 1.165) is 9.86 Å². The highest BCUT2D eigenvalue weighted by atomic mass is 79.9. The van der Waals surface area contributed by atoms with Crippen LogP contribution in [0.4, 0.5) is 4.39 Å². The summed E-state index contributed by atoms with van der Waals surface area (Å²) in [7, 11) is 1.64. The fourth-order valence-electron chi connectivity index (χ4n) is 1.64. The molecular weight excluding hydrogens is 261 g/mol. The van der Waals surface area contributed by atoms with Gasteiger partial charge >= 0.3 is 0 Å². The Kier molecular flexibility index (Phi) is 3.07. The van der Waals surface area contributed by atoms with Gasteiger partial charge < -0.3 is 9.30 Å². The van der Waals surface area contributed by atoms with Gasteiger partial charge in [0, 0.05) is 29.7 Å². The zero-order valence-electron chi connectivity index (χ0n) is 8.34. The van der Waals surface area contributed by atoms with E-state index >= 15 is 0 Å². The highest BCUT2D eigenvalue weighted by molar-refractivity contribution is 9.10. The fraction of sp³-hybridized carbons (Fsp3) is 0.273. The Morgan fingerprint density at radius 1 is 1.47 bits per heavy atom. The first kappa shape index (κ1) is 10.6. The minimum atomic E-state index is -0.208. The summed E-state index contributed by atoms with van der Waals surface area (Å²) in [4.78, 5) is 0. The highest BCUT2D eigenvalue weighted by Crippen LogP contribution is 2.24. The zero-order chi connectivity index (χ0) is 10.8. The topological polar surface area (TPSA) is 14.2 Å². The van der Waals surface area contributed by atoms with Gasteiger partial charge in [0.25, 0.3) is 0 Å². The van der Waals surface area contributed by atoms with Gasteiger partial charge in [0.05, 0.1) is 12.1 Å². The van der Waals surface area contributed by atoms with E-state index in [4.69, 9.17) is 4.74 Å². The van der Waals surface area contributed by atoms with E-state index in [1.165, 1.54) is 6.07 Å². The van der Waals surface area contributed by atoms with Crippen LogP contribution in [-0.2, 0) is 11.3 Å². The first-order chi connectivity index (χ1) is 7.22. The van der Waals surface area contributed by atoms with Gasteiger partial charge in [-0.05, 0) is 18.2 Å². The van der Waals surface area contributed by atoms with Crippen molar-refractivity contribution in [2.24, 2.45) is 0 Å². The Morgan fingerprint density at radius 2 is 2.27 bits per heavy atom. The summed E-state index contributed by atoms with van der Waals surface area (Å²) in [6.07, 6.45) is 1.87. The fourth-order valence-corrected chi connectivity index (χ4v) is 2.08. The van der Waals surface area contributed by atoms with Crippen LogP contribution in [0, 0.1) is 5.82 Å². The number of benzene rings is 1. The molecule has 2 aromatic rings. The van der Waals surface area contributed by atoms with Crippen molar-refractivity contribution in [1.29, 1.82) is 0 Å². The van der Waals surface area contributed by atoms with Crippen LogP contribution in [0.1, 0.15) is 0 Å². The maximum absolute atomic E-state index is 13.7. The Labute approximate surface area is 95.8 Å². The van der Waals surface area contributed by atoms with Gasteiger partial charge in [-0.15, -0.1) is 0 Å². The molecule has 0 atom stereocenters. The van der Waals surface area contributed by atoms with Gasteiger partial charge in [-0.25, -0.2) is 4.39 Å². The second-order valence-corrected chi connectivity index (χ2v) is 4.24. The van der Waals surface area contributed by atoms with Gasteiger partial charge in [-0.1, -0.05) is 15.9 Å². The van der Waals surface area contributed by atoms with Gasteiger partial charge in [0.1, 0.15) is 5.82 Å². The van der Waals surface area contributed by atoms with Gasteiger partial charge in [-0.3, -0.25) is 0 Å². The summed E-state index contributed by atoms with van der Waals surface area (Å²) in [5.41, 5.74) is 0.634. The Balaban J connectivity index is 2.49. The van der Waals surface area contributed by atoms with Crippen LogP contribution in [0.5, 0.6) is 0 Å². The molecule has 0 saturated carbocycles. The Bertz CT molecular complexity index is 481. The Morgan fingerprint density at radius 3 is 3.00 bits per heavy atom. The number of methoxy groups -OCH3 is 1. The molecule has 15 heavy (non-hydrogen) atoms. The van der Waals surface area contributed by atoms with Gasteiger partial charge in [0.15, 0.2) is 0 Å². The number of rotatable bonds is 3. The molecule has 0 radical (unpaired) electrons. The van der Waals surface area contributed by atoms with Gasteiger partial charge in [0.2, 0.25) is 0 Å². The molecule has 80 valence electrons. The molecule has 0 fully saturated rings. The molecule has 1 aromatic carbocycles. The van der Waals surface area contributed by atoms with E-state index in [9.17, 15) is 4.39 Å². The van der Waals surface area contributed by atoms with Crippen molar-refractivity contribution >= 4 is 26.8 Å². The van der Waals surface area contributed by atoms with Crippen molar-refractivity contribution in [2.75, 3.05) is 13.7 Å². The molecular formula is C11H11BrFNO. The summed E-state index contributed by atoms with van der Waals surface area (Å²) < 4.78 is 21.3. The lowest BCUT2D eigenvalue weighted by Crippen LogP contribution is -2.03. The van der Waals surface area contributed by atoms with Crippen LogP contribution in [-0.4, -0.2) is 18.3 Å². The quantitative estimate of drug-likeness (QED) is 0.837. The van der Waals surface area contributed by atoms with Crippen LogP contribution in [0.15, 0.2) is 28.9 Å².